The molecule has 2 aromatic heterocycles. The summed E-state index contributed by atoms with van der Waals surface area (Å²) in [6.07, 6.45) is -4.29. The lowest BCUT2D eigenvalue weighted by Crippen LogP contribution is -2.39. The number of carbonyl (C=O) groups is 1. The average Bonchev–Trinajstić information content (AvgIpc) is 3.08. The number of nitrogens with zero attached hydrogens (tertiary/aromatic N) is 3. The van der Waals surface area contributed by atoms with Crippen LogP contribution in [-0.2, 0) is 14.3 Å². The Labute approximate surface area is 147 Å². The Hall–Kier alpha value is -2.53. The number of hydrogen-bond acceptors (Lipinski definition) is 8. The number of imidazole rings is 1. The summed E-state index contributed by atoms with van der Waals surface area (Å²) >= 11 is 0. The molecule has 1 aliphatic heterocycles. The second-order valence-electron chi connectivity index (χ2n) is 7.09. The summed E-state index contributed by atoms with van der Waals surface area (Å²) in [5, 5.41) is 9.49. The van der Waals surface area contributed by atoms with Crippen molar-refractivity contribution in [3.05, 3.63) is 16.7 Å². The number of alkyl halides is 1. The third-order valence-corrected chi connectivity index (χ3v) is 4.03. The molecular weight excluding hydrogens is 349 g/mol. The van der Waals surface area contributed by atoms with E-state index in [1.165, 1.54) is 10.9 Å². The van der Waals surface area contributed by atoms with E-state index in [0.29, 0.717) is 0 Å². The number of fused-ring (bicyclic) bond motifs is 1. The van der Waals surface area contributed by atoms with Gasteiger partial charge < -0.3 is 20.3 Å². The van der Waals surface area contributed by atoms with Gasteiger partial charge in [0.2, 0.25) is 5.95 Å². The van der Waals surface area contributed by atoms with Gasteiger partial charge >= 0.3 is 5.97 Å². The molecule has 11 heteroatoms. The van der Waals surface area contributed by atoms with Crippen molar-refractivity contribution in [3.8, 4) is 0 Å². The highest BCUT2D eigenvalue weighted by Crippen LogP contribution is 2.36. The van der Waals surface area contributed by atoms with Gasteiger partial charge in [-0.2, -0.15) is 4.98 Å². The van der Waals surface area contributed by atoms with Crippen LogP contribution in [0.25, 0.3) is 11.2 Å². The molecule has 1 aliphatic rings. The molecule has 0 radical (unpaired) electrons. The third kappa shape index (κ3) is 3.03. The largest absolute Gasteiger partial charge is 0.456 e. The highest BCUT2D eigenvalue weighted by atomic mass is 19.1. The Morgan fingerprint density at radius 2 is 2.23 bits per heavy atom. The summed E-state index contributed by atoms with van der Waals surface area (Å²) in [6, 6.07) is 0. The number of hydrogen-bond donors (Lipinski definition) is 3. The van der Waals surface area contributed by atoms with Crippen LogP contribution in [0.2, 0.25) is 0 Å². The first-order chi connectivity index (χ1) is 12.1. The van der Waals surface area contributed by atoms with Gasteiger partial charge in [-0.1, -0.05) is 0 Å². The second kappa shape index (κ2) is 6.32. The molecule has 3 rings (SSSR count). The normalized spacial score (nSPS) is 26.3. The molecule has 1 fully saturated rings. The number of aliphatic hydroxyl groups excluding tert-OH is 1. The summed E-state index contributed by atoms with van der Waals surface area (Å²) in [4.78, 5) is 34.1. The molecule has 4 atom stereocenters. The standard InChI is InChI=1S/C15H20FN5O5/c1-15(2,3)13(24)26-9-6(4-22)25-12(7(9)16)21-5-18-8-10(21)19-14(17)20-11(8)23/h5-7,9,12,22H,4H2,1-3H3,(H3,17,19,20,23)/t6-,7+,9-,12-/m1/s1. The van der Waals surface area contributed by atoms with E-state index in [2.05, 4.69) is 15.0 Å². The molecule has 0 unspecified atom stereocenters. The van der Waals surface area contributed by atoms with E-state index >= 15 is 4.39 Å². The van der Waals surface area contributed by atoms with E-state index in [-0.39, 0.29) is 17.1 Å². The van der Waals surface area contributed by atoms with Crippen molar-refractivity contribution in [2.24, 2.45) is 5.41 Å². The van der Waals surface area contributed by atoms with Gasteiger partial charge in [0.05, 0.1) is 18.3 Å². The van der Waals surface area contributed by atoms with Gasteiger partial charge in [-0.15, -0.1) is 0 Å². The number of nitrogens with one attached hydrogen (secondary N) is 1. The summed E-state index contributed by atoms with van der Waals surface area (Å²) in [5.41, 5.74) is 4.10. The summed E-state index contributed by atoms with van der Waals surface area (Å²) < 4.78 is 27.0. The number of H-pyrrole nitrogens is 1. The smallest absolute Gasteiger partial charge is 0.311 e. The van der Waals surface area contributed by atoms with Crippen LogP contribution in [0.5, 0.6) is 0 Å². The van der Waals surface area contributed by atoms with E-state index in [4.69, 9.17) is 15.2 Å². The molecule has 0 aromatic carbocycles. The van der Waals surface area contributed by atoms with Crippen LogP contribution in [0.1, 0.15) is 27.0 Å². The molecule has 1 saturated heterocycles. The van der Waals surface area contributed by atoms with Gasteiger partial charge in [-0.25, -0.2) is 9.37 Å². The van der Waals surface area contributed by atoms with Crippen LogP contribution in [-0.4, -0.2) is 55.6 Å². The number of nitrogen functional groups attached to an aromatic ring is 1. The summed E-state index contributed by atoms with van der Waals surface area (Å²) in [7, 11) is 0. The lowest BCUT2D eigenvalue weighted by atomic mass is 9.97. The van der Waals surface area contributed by atoms with Crippen molar-refractivity contribution in [2.75, 3.05) is 12.3 Å². The van der Waals surface area contributed by atoms with Gasteiger partial charge in [-0.3, -0.25) is 19.1 Å². The van der Waals surface area contributed by atoms with Gasteiger partial charge in [0.15, 0.2) is 29.7 Å². The highest BCUT2D eigenvalue weighted by Gasteiger charge is 2.49. The SMILES string of the molecule is CC(C)(C)C(=O)O[C@H]1[C@H](F)[C@H](n2cnc3c(=O)[nH]c(N)nc32)O[C@@H]1CO. The zero-order chi connectivity index (χ0) is 19.2. The van der Waals surface area contributed by atoms with Crippen molar-refractivity contribution >= 4 is 23.1 Å². The molecule has 142 valence electrons. The van der Waals surface area contributed by atoms with Crippen LogP contribution in [0.4, 0.5) is 10.3 Å². The fourth-order valence-electron chi connectivity index (χ4n) is 2.64. The Morgan fingerprint density at radius 1 is 1.54 bits per heavy atom. The maximum Gasteiger partial charge on any atom is 0.311 e. The Bertz CT molecular complexity index is 889. The molecule has 0 aliphatic carbocycles. The zero-order valence-corrected chi connectivity index (χ0v) is 14.5. The molecule has 4 N–H and O–H groups in total. The summed E-state index contributed by atoms with van der Waals surface area (Å²) in [5.74, 6) is -0.783. The molecule has 0 amide bonds. The first kappa shape index (κ1) is 18.3. The van der Waals surface area contributed by atoms with Gasteiger partial charge in [0.1, 0.15) is 6.10 Å². The molecule has 26 heavy (non-hydrogen) atoms. The molecule has 0 spiro atoms. The fourth-order valence-corrected chi connectivity index (χ4v) is 2.64. The maximum atomic E-state index is 15.0. The Balaban J connectivity index is 1.95. The first-order valence-corrected chi connectivity index (χ1v) is 7.97. The number of esters is 1. The first-order valence-electron chi connectivity index (χ1n) is 7.97. The number of anilines is 1. The minimum Gasteiger partial charge on any atom is -0.456 e. The molecule has 0 bridgehead atoms. The van der Waals surface area contributed by atoms with Crippen LogP contribution >= 0.6 is 0 Å². The van der Waals surface area contributed by atoms with E-state index in [1.54, 1.807) is 20.8 Å². The minimum absolute atomic E-state index is 0.0263. The van der Waals surface area contributed by atoms with Crippen LogP contribution < -0.4 is 11.3 Å². The second-order valence-corrected chi connectivity index (χ2v) is 7.09. The number of aliphatic hydroxyl groups is 1. The molecule has 2 aromatic rings. The minimum atomic E-state index is -1.81. The molecule has 3 heterocycles. The number of halogens is 1. The van der Waals surface area contributed by atoms with Crippen molar-refractivity contribution in [2.45, 2.75) is 45.4 Å². The Morgan fingerprint density at radius 3 is 2.85 bits per heavy atom. The average molecular weight is 369 g/mol. The monoisotopic (exact) mass is 369 g/mol. The predicted octanol–water partition coefficient (Wildman–Crippen LogP) is -0.112. The van der Waals surface area contributed by atoms with Crippen molar-refractivity contribution in [3.63, 3.8) is 0 Å². The number of nitrogens with two attached hydrogens (primary N) is 1. The van der Waals surface area contributed by atoms with Gasteiger partial charge in [0, 0.05) is 0 Å². The van der Waals surface area contributed by atoms with E-state index in [1.807, 2.05) is 0 Å². The highest BCUT2D eigenvalue weighted by molar-refractivity contribution is 5.75. The topological polar surface area (TPSA) is 145 Å². The Kier molecular flexibility index (Phi) is 4.44. The van der Waals surface area contributed by atoms with Crippen LogP contribution in [0, 0.1) is 5.41 Å². The molecule has 0 saturated carbocycles. The number of ether oxygens (including phenoxy) is 2. The van der Waals surface area contributed by atoms with Crippen molar-refractivity contribution < 1.29 is 23.8 Å². The van der Waals surface area contributed by atoms with E-state index in [0.717, 1.165) is 0 Å². The molecular formula is C15H20FN5O5. The fraction of sp³-hybridized carbons (Fsp3) is 0.600. The van der Waals surface area contributed by atoms with Gasteiger partial charge in [0.25, 0.3) is 5.56 Å². The van der Waals surface area contributed by atoms with Crippen molar-refractivity contribution in [1.29, 1.82) is 0 Å². The van der Waals surface area contributed by atoms with Crippen LogP contribution in [0.15, 0.2) is 11.1 Å². The predicted molar refractivity (Wildman–Crippen MR) is 87.8 cm³/mol. The van der Waals surface area contributed by atoms with E-state index in [9.17, 15) is 14.7 Å². The summed E-state index contributed by atoms with van der Waals surface area (Å²) in [6.45, 7) is 4.34. The zero-order valence-electron chi connectivity index (χ0n) is 14.5. The van der Waals surface area contributed by atoms with E-state index < -0.39 is 48.2 Å². The number of carbonyl (C=O) groups excluding carboxylic acids is 1. The number of rotatable bonds is 3. The molecule has 10 nitrogen and oxygen atoms in total. The lowest BCUT2D eigenvalue weighted by molar-refractivity contribution is -0.164. The number of aromatic amines is 1. The van der Waals surface area contributed by atoms with Crippen molar-refractivity contribution in [1.82, 2.24) is 19.5 Å². The van der Waals surface area contributed by atoms with Gasteiger partial charge in [-0.05, 0) is 20.8 Å². The lowest BCUT2D eigenvalue weighted by Gasteiger charge is -2.23. The number of aromatic nitrogens is 4. The quantitative estimate of drug-likeness (QED) is 0.635. The third-order valence-electron chi connectivity index (χ3n) is 4.03. The van der Waals surface area contributed by atoms with Crippen LogP contribution in [0.3, 0.4) is 0 Å². The maximum absolute atomic E-state index is 15.0.